The summed E-state index contributed by atoms with van der Waals surface area (Å²) in [4.78, 5) is 103. The summed E-state index contributed by atoms with van der Waals surface area (Å²) in [7, 11) is -4.35. The molecule has 1 aromatic rings. The molecule has 66 heavy (non-hydrogen) atoms. The van der Waals surface area contributed by atoms with E-state index in [1.807, 2.05) is 0 Å². The van der Waals surface area contributed by atoms with Crippen LogP contribution >= 0.6 is 0 Å². The van der Waals surface area contributed by atoms with Crippen LogP contribution in [0, 0.1) is 23.2 Å². The summed E-state index contributed by atoms with van der Waals surface area (Å²) < 4.78 is 47.7. The Morgan fingerprint density at radius 1 is 0.939 bits per heavy atom. The van der Waals surface area contributed by atoms with Crippen molar-refractivity contribution in [3.05, 3.63) is 34.9 Å². The SMILES string of the molecule is CC(C)[C@H](CC(=O)CN1C(=O)[C@@H](CC(=O)CCC(=O)O)C[C@H]1COCCS(=O)(=O)O)C(=O)N[C@@H](C)C(=O)Cc1ccc(COC(=O)C(C)(C)C)c(CC[C@@H]2O[C@H](C(=O)O)[C@@H](O)[C@H](O)[C@H]2O)c1. The molecule has 0 bridgehead atoms. The molecule has 2 fully saturated rings. The van der Waals surface area contributed by atoms with E-state index in [1.54, 1.807) is 52.8 Å². The molecule has 22 heteroatoms. The number of carboxylic acids is 2. The van der Waals surface area contributed by atoms with Gasteiger partial charge < -0.3 is 50.0 Å². The number of nitrogens with one attached hydrogen (secondary N) is 1. The van der Waals surface area contributed by atoms with Crippen molar-refractivity contribution in [3.63, 3.8) is 0 Å². The van der Waals surface area contributed by atoms with Gasteiger partial charge in [0, 0.05) is 37.5 Å². The van der Waals surface area contributed by atoms with Gasteiger partial charge in [0.05, 0.1) is 55.5 Å². The van der Waals surface area contributed by atoms with Crippen LogP contribution in [-0.4, -0.2) is 159 Å². The van der Waals surface area contributed by atoms with Gasteiger partial charge in [0.15, 0.2) is 17.7 Å². The summed E-state index contributed by atoms with van der Waals surface area (Å²) >= 11 is 0. The number of carbonyl (C=O) groups is 8. The monoisotopic (exact) mass is 956 g/mol. The van der Waals surface area contributed by atoms with E-state index in [0.717, 1.165) is 0 Å². The van der Waals surface area contributed by atoms with Crippen molar-refractivity contribution < 1.29 is 91.1 Å². The fraction of sp³-hybridized carbons (Fsp3) is 0.682. The molecule has 2 amide bonds. The van der Waals surface area contributed by atoms with Crippen molar-refractivity contribution in [2.75, 3.05) is 25.5 Å². The highest BCUT2D eigenvalue weighted by Gasteiger charge is 2.47. The lowest BCUT2D eigenvalue weighted by molar-refractivity contribution is -0.228. The van der Waals surface area contributed by atoms with Crippen LogP contribution in [0.4, 0.5) is 0 Å². The number of Topliss-reactive ketones (excluding diaryl/α,β-unsaturated/α-hetero) is 3. The number of aliphatic carboxylic acids is 2. The average molecular weight is 957 g/mol. The minimum atomic E-state index is -4.35. The number of ketones is 3. The van der Waals surface area contributed by atoms with Gasteiger partial charge in [-0.1, -0.05) is 32.0 Å². The number of aryl methyl sites for hydroxylation is 1. The number of nitrogens with zero attached hydrogens (tertiary/aromatic N) is 1. The summed E-state index contributed by atoms with van der Waals surface area (Å²) in [5.74, 6) is -8.85. The molecule has 0 aliphatic carbocycles. The molecule has 3 rings (SSSR count). The lowest BCUT2D eigenvalue weighted by Crippen LogP contribution is -2.59. The molecule has 0 spiro atoms. The van der Waals surface area contributed by atoms with Crippen LogP contribution in [0.15, 0.2) is 18.2 Å². The first kappa shape index (κ1) is 55.6. The summed E-state index contributed by atoms with van der Waals surface area (Å²) in [6.07, 6.45) is -9.78. The molecule has 370 valence electrons. The maximum absolute atomic E-state index is 13.6. The first-order valence-electron chi connectivity index (χ1n) is 21.7. The van der Waals surface area contributed by atoms with E-state index in [1.165, 1.54) is 11.8 Å². The Balaban J connectivity index is 1.72. The van der Waals surface area contributed by atoms with E-state index in [2.05, 4.69) is 5.32 Å². The zero-order valence-corrected chi connectivity index (χ0v) is 38.9. The number of rotatable bonds is 26. The van der Waals surface area contributed by atoms with Crippen LogP contribution < -0.4 is 5.32 Å². The molecular formula is C44H64N2O19S. The summed E-state index contributed by atoms with van der Waals surface area (Å²) in [5, 5.41) is 52.1. The van der Waals surface area contributed by atoms with Crippen molar-refractivity contribution in [2.24, 2.45) is 23.2 Å². The molecular weight excluding hydrogens is 893 g/mol. The average Bonchev–Trinajstić information content (AvgIpc) is 3.49. The molecule has 9 atom stereocenters. The lowest BCUT2D eigenvalue weighted by atomic mass is 9.89. The molecule has 21 nitrogen and oxygen atoms in total. The fourth-order valence-electron chi connectivity index (χ4n) is 7.61. The van der Waals surface area contributed by atoms with Crippen molar-refractivity contribution in [1.82, 2.24) is 10.2 Å². The third kappa shape index (κ3) is 16.9. The van der Waals surface area contributed by atoms with E-state index in [9.17, 15) is 67.2 Å². The molecule has 2 aliphatic rings. The zero-order valence-electron chi connectivity index (χ0n) is 38.0. The minimum absolute atomic E-state index is 0.0413. The summed E-state index contributed by atoms with van der Waals surface area (Å²) in [6, 6.07) is 3.08. The maximum atomic E-state index is 13.6. The number of amides is 2. The number of carboxylic acid groups (broad SMARTS) is 2. The first-order valence-corrected chi connectivity index (χ1v) is 23.3. The molecule has 7 N–H and O–H groups in total. The Morgan fingerprint density at radius 2 is 1.61 bits per heavy atom. The number of esters is 1. The molecule has 2 heterocycles. The predicted octanol–water partition coefficient (Wildman–Crippen LogP) is 0.436. The van der Waals surface area contributed by atoms with Crippen LogP contribution in [-0.2, 0) is 82.1 Å². The Hall–Kier alpha value is -4.71. The lowest BCUT2D eigenvalue weighted by Gasteiger charge is -2.39. The summed E-state index contributed by atoms with van der Waals surface area (Å²) in [5.41, 5.74) is 0.733. The number of likely N-dealkylation sites (tertiary alicyclic amines) is 1. The van der Waals surface area contributed by atoms with Gasteiger partial charge in [0.2, 0.25) is 11.8 Å². The Labute approximate surface area is 383 Å². The molecule has 0 saturated carbocycles. The van der Waals surface area contributed by atoms with E-state index in [4.69, 9.17) is 23.9 Å². The number of aliphatic hydroxyl groups is 3. The van der Waals surface area contributed by atoms with Gasteiger partial charge in [-0.25, -0.2) is 4.79 Å². The van der Waals surface area contributed by atoms with Gasteiger partial charge in [-0.15, -0.1) is 0 Å². The normalized spacial score (nSPS) is 23.3. The van der Waals surface area contributed by atoms with Crippen molar-refractivity contribution >= 4 is 57.2 Å². The van der Waals surface area contributed by atoms with E-state index < -0.39 is 148 Å². The van der Waals surface area contributed by atoms with Gasteiger partial charge in [0.1, 0.15) is 30.7 Å². The molecule has 0 unspecified atom stereocenters. The number of hydrogen-bond donors (Lipinski definition) is 7. The summed E-state index contributed by atoms with van der Waals surface area (Å²) in [6.45, 7) is 8.57. The third-order valence-corrected chi connectivity index (χ3v) is 12.3. The van der Waals surface area contributed by atoms with Crippen LogP contribution in [0.1, 0.15) is 96.8 Å². The molecule has 2 aliphatic heterocycles. The second-order valence-corrected chi connectivity index (χ2v) is 20.0. The number of benzene rings is 1. The smallest absolute Gasteiger partial charge is 0.335 e. The van der Waals surface area contributed by atoms with Gasteiger partial charge in [-0.05, 0) is 69.6 Å². The fourth-order valence-corrected chi connectivity index (χ4v) is 7.94. The highest BCUT2D eigenvalue weighted by atomic mass is 32.2. The molecule has 0 radical (unpaired) electrons. The van der Waals surface area contributed by atoms with Crippen LogP contribution in [0.25, 0.3) is 0 Å². The topological polar surface area (TPSA) is 335 Å². The Kier molecular flexibility index (Phi) is 20.5. The number of ether oxygens (including phenoxy) is 3. The Morgan fingerprint density at radius 3 is 2.20 bits per heavy atom. The van der Waals surface area contributed by atoms with Gasteiger partial charge in [-0.2, -0.15) is 8.42 Å². The second kappa shape index (κ2) is 24.4. The van der Waals surface area contributed by atoms with Gasteiger partial charge in [0.25, 0.3) is 10.1 Å². The number of hydrogen-bond acceptors (Lipinski definition) is 16. The van der Waals surface area contributed by atoms with Crippen LogP contribution in [0.3, 0.4) is 0 Å². The maximum Gasteiger partial charge on any atom is 0.335 e. The Bertz CT molecular complexity index is 2050. The predicted molar refractivity (Wildman–Crippen MR) is 230 cm³/mol. The molecule has 1 aromatic carbocycles. The highest BCUT2D eigenvalue weighted by Crippen LogP contribution is 2.30. The molecule has 0 aromatic heterocycles. The largest absolute Gasteiger partial charge is 0.481 e. The van der Waals surface area contributed by atoms with Gasteiger partial charge in [-0.3, -0.25) is 38.1 Å². The number of carbonyl (C=O) groups excluding carboxylic acids is 6. The van der Waals surface area contributed by atoms with Crippen LogP contribution in [0.2, 0.25) is 0 Å². The zero-order chi connectivity index (χ0) is 49.8. The minimum Gasteiger partial charge on any atom is -0.481 e. The van der Waals surface area contributed by atoms with Gasteiger partial charge >= 0.3 is 17.9 Å². The standard InChI is InChI=1S/C44H64N2O19S/c1-23(2)32(19-31(48)20-46-29(22-63-13-14-66(60,61)62)17-28(41(46)56)18-30(47)10-12-35(50)51)40(55)45-24(3)33(49)16-25-7-8-27(21-64-43(59)44(4,5)6)26(15-25)9-11-34-36(52)37(53)38(54)39(65-34)42(57)58/h7-8,15,23-24,28-29,32,34,36-39,52-54H,9-14,16-22H2,1-6H3,(H,45,55)(H,50,51)(H,57,58)(H,60,61,62)/t24-,28+,29-,32-,34-,36-,37+,38-,39-/m0/s1. The van der Waals surface area contributed by atoms with E-state index in [0.29, 0.717) is 16.7 Å². The molecule has 2 saturated heterocycles. The highest BCUT2D eigenvalue weighted by molar-refractivity contribution is 7.85. The van der Waals surface area contributed by atoms with E-state index in [-0.39, 0.29) is 58.2 Å². The van der Waals surface area contributed by atoms with E-state index >= 15 is 0 Å². The quantitative estimate of drug-likeness (QED) is 0.0376. The second-order valence-electron chi connectivity index (χ2n) is 18.4. The van der Waals surface area contributed by atoms with Crippen molar-refractivity contribution in [1.29, 1.82) is 0 Å². The first-order chi connectivity index (χ1) is 30.6. The van der Waals surface area contributed by atoms with Crippen molar-refractivity contribution in [3.8, 4) is 0 Å². The van der Waals surface area contributed by atoms with Crippen molar-refractivity contribution in [2.45, 2.75) is 142 Å². The number of aliphatic hydroxyl groups excluding tert-OH is 3. The van der Waals surface area contributed by atoms with Crippen LogP contribution in [0.5, 0.6) is 0 Å². The third-order valence-electron chi connectivity index (χ3n) is 11.6.